The number of hydrogen-bond acceptors (Lipinski definition) is 2. The molecule has 21 heavy (non-hydrogen) atoms. The zero-order valence-electron chi connectivity index (χ0n) is 11.0. The molecule has 0 aliphatic rings. The van der Waals surface area contributed by atoms with Crippen LogP contribution in [0.25, 0.3) is 6.08 Å². The van der Waals surface area contributed by atoms with Crippen molar-refractivity contribution in [2.24, 2.45) is 0 Å². The summed E-state index contributed by atoms with van der Waals surface area (Å²) in [7, 11) is 0. The summed E-state index contributed by atoms with van der Waals surface area (Å²) in [5.74, 6) is -0.736. The highest BCUT2D eigenvalue weighted by molar-refractivity contribution is 14.1. The van der Waals surface area contributed by atoms with E-state index in [9.17, 15) is 9.59 Å². The molecular weight excluding hydrogens is 379 g/mol. The Kier molecular flexibility index (Phi) is 5.51. The van der Waals surface area contributed by atoms with E-state index in [1.807, 2.05) is 42.5 Å². The van der Waals surface area contributed by atoms with Crippen LogP contribution in [0.5, 0.6) is 0 Å². The van der Waals surface area contributed by atoms with Gasteiger partial charge in [-0.1, -0.05) is 42.5 Å². The van der Waals surface area contributed by atoms with E-state index < -0.39 is 5.91 Å². The fourth-order valence-electron chi connectivity index (χ4n) is 1.61. The first kappa shape index (κ1) is 15.2. The molecule has 0 aliphatic carbocycles. The third-order valence-electron chi connectivity index (χ3n) is 2.64. The molecule has 0 unspecified atom stereocenters. The largest absolute Gasteiger partial charge is 0.270 e. The standard InChI is InChI=1S/C16H13IN2O2/c17-14-9-5-4-8-13(14)16(21)19-18-15(20)11-10-12-6-2-1-3-7-12/h1-11H,(H,18,20)(H,19,21)/b11-10+. The van der Waals surface area contributed by atoms with Gasteiger partial charge in [-0.15, -0.1) is 0 Å². The quantitative estimate of drug-likeness (QED) is 0.480. The van der Waals surface area contributed by atoms with Crippen molar-refractivity contribution in [2.45, 2.75) is 0 Å². The number of nitrogens with one attached hydrogen (secondary N) is 2. The summed E-state index contributed by atoms with van der Waals surface area (Å²) >= 11 is 2.07. The van der Waals surface area contributed by atoms with E-state index in [-0.39, 0.29) is 5.91 Å². The summed E-state index contributed by atoms with van der Waals surface area (Å²) in [6, 6.07) is 16.6. The molecule has 2 aromatic carbocycles. The third-order valence-corrected chi connectivity index (χ3v) is 3.59. The summed E-state index contributed by atoms with van der Waals surface area (Å²) in [6.45, 7) is 0. The SMILES string of the molecule is O=C(/C=C/c1ccccc1)NNC(=O)c1ccccc1I. The Balaban J connectivity index is 1.88. The predicted molar refractivity (Wildman–Crippen MR) is 90.2 cm³/mol. The van der Waals surface area contributed by atoms with Crippen molar-refractivity contribution < 1.29 is 9.59 Å². The van der Waals surface area contributed by atoms with Crippen molar-refractivity contribution in [2.75, 3.05) is 0 Å². The molecule has 4 nitrogen and oxygen atoms in total. The van der Waals surface area contributed by atoms with Crippen molar-refractivity contribution in [1.82, 2.24) is 10.9 Å². The molecule has 106 valence electrons. The molecule has 2 aromatic rings. The maximum atomic E-state index is 11.9. The molecule has 0 aromatic heterocycles. The number of rotatable bonds is 3. The molecule has 2 N–H and O–H groups in total. The van der Waals surface area contributed by atoms with E-state index in [2.05, 4.69) is 33.4 Å². The van der Waals surface area contributed by atoms with Gasteiger partial charge >= 0.3 is 0 Å². The second kappa shape index (κ2) is 7.58. The van der Waals surface area contributed by atoms with E-state index in [0.29, 0.717) is 5.56 Å². The van der Waals surface area contributed by atoms with Crippen molar-refractivity contribution >= 4 is 40.5 Å². The Morgan fingerprint density at radius 2 is 1.57 bits per heavy atom. The van der Waals surface area contributed by atoms with Gasteiger partial charge in [0.2, 0.25) is 0 Å². The Hall–Kier alpha value is -2.15. The minimum Gasteiger partial charge on any atom is -0.268 e. The van der Waals surface area contributed by atoms with Gasteiger partial charge in [0, 0.05) is 9.65 Å². The van der Waals surface area contributed by atoms with Gasteiger partial charge in [-0.3, -0.25) is 20.4 Å². The van der Waals surface area contributed by atoms with Crippen molar-refractivity contribution in [3.63, 3.8) is 0 Å². The van der Waals surface area contributed by atoms with Crippen LogP contribution in [-0.2, 0) is 4.79 Å². The maximum absolute atomic E-state index is 11.9. The maximum Gasteiger partial charge on any atom is 0.270 e. The first-order chi connectivity index (χ1) is 10.2. The van der Waals surface area contributed by atoms with E-state index in [1.165, 1.54) is 6.08 Å². The normalized spacial score (nSPS) is 10.3. The van der Waals surface area contributed by atoms with Gasteiger partial charge in [-0.2, -0.15) is 0 Å². The molecule has 0 saturated heterocycles. The van der Waals surface area contributed by atoms with Gasteiger partial charge in [0.15, 0.2) is 0 Å². The fourth-order valence-corrected chi connectivity index (χ4v) is 2.24. The Morgan fingerprint density at radius 3 is 2.29 bits per heavy atom. The first-order valence-corrected chi connectivity index (χ1v) is 7.32. The molecule has 0 saturated carbocycles. The minimum atomic E-state index is -0.391. The van der Waals surface area contributed by atoms with Crippen LogP contribution in [0.3, 0.4) is 0 Å². The molecule has 0 atom stereocenters. The van der Waals surface area contributed by atoms with Crippen LogP contribution in [0, 0.1) is 3.57 Å². The molecule has 2 rings (SSSR count). The average Bonchev–Trinajstić information content (AvgIpc) is 2.52. The second-order valence-corrected chi connectivity index (χ2v) is 5.33. The molecule has 0 aliphatic heterocycles. The lowest BCUT2D eigenvalue weighted by atomic mass is 10.2. The third kappa shape index (κ3) is 4.71. The zero-order chi connectivity index (χ0) is 15.1. The zero-order valence-corrected chi connectivity index (χ0v) is 13.2. The molecule has 5 heteroatoms. The van der Waals surface area contributed by atoms with E-state index in [1.54, 1.807) is 18.2 Å². The smallest absolute Gasteiger partial charge is 0.268 e. The molecule has 0 radical (unpaired) electrons. The van der Waals surface area contributed by atoms with Crippen LogP contribution in [0.4, 0.5) is 0 Å². The summed E-state index contributed by atoms with van der Waals surface area (Å²) in [5.41, 5.74) is 6.16. The van der Waals surface area contributed by atoms with E-state index >= 15 is 0 Å². The number of benzene rings is 2. The van der Waals surface area contributed by atoms with Gasteiger partial charge in [0.25, 0.3) is 11.8 Å². The van der Waals surface area contributed by atoms with E-state index in [4.69, 9.17) is 0 Å². The van der Waals surface area contributed by atoms with Gasteiger partial charge < -0.3 is 0 Å². The summed E-state index contributed by atoms with van der Waals surface area (Å²) < 4.78 is 0.821. The van der Waals surface area contributed by atoms with Crippen LogP contribution < -0.4 is 10.9 Å². The number of hydrazine groups is 1. The molecule has 0 spiro atoms. The fraction of sp³-hybridized carbons (Fsp3) is 0. The molecule has 0 fully saturated rings. The highest BCUT2D eigenvalue weighted by Gasteiger charge is 2.08. The Labute approximate surface area is 136 Å². The molecule has 0 heterocycles. The van der Waals surface area contributed by atoms with Gasteiger partial charge in [-0.05, 0) is 46.4 Å². The second-order valence-electron chi connectivity index (χ2n) is 4.17. The summed E-state index contributed by atoms with van der Waals surface area (Å²) in [4.78, 5) is 23.5. The summed E-state index contributed by atoms with van der Waals surface area (Å²) in [6.07, 6.45) is 3.04. The average molecular weight is 392 g/mol. The van der Waals surface area contributed by atoms with Crippen molar-refractivity contribution in [3.8, 4) is 0 Å². The van der Waals surface area contributed by atoms with Crippen LogP contribution in [0.2, 0.25) is 0 Å². The lowest BCUT2D eigenvalue weighted by Crippen LogP contribution is -2.41. The number of carbonyl (C=O) groups is 2. The number of amides is 2. The highest BCUT2D eigenvalue weighted by atomic mass is 127. The lowest BCUT2D eigenvalue weighted by molar-refractivity contribution is -0.117. The monoisotopic (exact) mass is 392 g/mol. The van der Waals surface area contributed by atoms with Gasteiger partial charge in [0.1, 0.15) is 0 Å². The van der Waals surface area contributed by atoms with Crippen LogP contribution in [0.1, 0.15) is 15.9 Å². The van der Waals surface area contributed by atoms with Crippen LogP contribution in [0.15, 0.2) is 60.7 Å². The number of hydrogen-bond donors (Lipinski definition) is 2. The highest BCUT2D eigenvalue weighted by Crippen LogP contribution is 2.10. The van der Waals surface area contributed by atoms with Crippen molar-refractivity contribution in [3.05, 3.63) is 75.4 Å². The Morgan fingerprint density at radius 1 is 0.905 bits per heavy atom. The minimum absolute atomic E-state index is 0.346. The van der Waals surface area contributed by atoms with E-state index in [0.717, 1.165) is 9.13 Å². The number of halogens is 1. The van der Waals surface area contributed by atoms with Crippen molar-refractivity contribution in [1.29, 1.82) is 0 Å². The molecule has 2 amide bonds. The molecule has 0 bridgehead atoms. The van der Waals surface area contributed by atoms with Gasteiger partial charge in [0.05, 0.1) is 5.56 Å². The topological polar surface area (TPSA) is 58.2 Å². The Bertz CT molecular complexity index is 669. The first-order valence-electron chi connectivity index (χ1n) is 6.25. The summed E-state index contributed by atoms with van der Waals surface area (Å²) in [5, 5.41) is 0. The molecular formula is C16H13IN2O2. The lowest BCUT2D eigenvalue weighted by Gasteiger charge is -2.06. The predicted octanol–water partition coefficient (Wildman–Crippen LogP) is 2.77. The number of carbonyl (C=O) groups excluding carboxylic acids is 2. The van der Waals surface area contributed by atoms with Gasteiger partial charge in [-0.25, -0.2) is 0 Å². The van der Waals surface area contributed by atoms with Crippen LogP contribution in [-0.4, -0.2) is 11.8 Å². The van der Waals surface area contributed by atoms with Crippen LogP contribution >= 0.6 is 22.6 Å².